The van der Waals surface area contributed by atoms with Gasteiger partial charge in [-0.25, -0.2) is 4.39 Å². The highest BCUT2D eigenvalue weighted by molar-refractivity contribution is 5.65. The lowest BCUT2D eigenvalue weighted by Crippen LogP contribution is -2.08. The van der Waals surface area contributed by atoms with Gasteiger partial charge >= 0.3 is 0 Å². The first-order valence-corrected chi connectivity index (χ1v) is 5.38. The molecule has 1 aromatic carbocycles. The highest BCUT2D eigenvalue weighted by atomic mass is 19.1. The van der Waals surface area contributed by atoms with Crippen LogP contribution in [0.1, 0.15) is 19.4 Å². The molecule has 1 aromatic rings. The Bertz CT molecular complexity index is 388. The molecule has 1 rings (SSSR count). The number of hydrogen-bond acceptors (Lipinski definition) is 1. The predicted molar refractivity (Wildman–Crippen MR) is 67.7 cm³/mol. The molecule has 0 aliphatic rings. The summed E-state index contributed by atoms with van der Waals surface area (Å²) in [7, 11) is 1.92. The predicted octanol–water partition coefficient (Wildman–Crippen LogP) is 3.39. The highest BCUT2D eigenvalue weighted by Crippen LogP contribution is 2.14. The second-order valence-corrected chi connectivity index (χ2v) is 3.90. The van der Waals surface area contributed by atoms with E-state index in [1.165, 1.54) is 17.7 Å². The minimum absolute atomic E-state index is 0.196. The average Bonchev–Trinajstić information content (AvgIpc) is 2.27. The van der Waals surface area contributed by atoms with Crippen molar-refractivity contribution in [2.45, 2.75) is 13.8 Å². The fourth-order valence-electron chi connectivity index (χ4n) is 1.41. The van der Waals surface area contributed by atoms with Crippen LogP contribution in [0.2, 0.25) is 0 Å². The van der Waals surface area contributed by atoms with E-state index in [1.807, 2.05) is 14.0 Å². The van der Waals surface area contributed by atoms with Crippen LogP contribution in [0.4, 0.5) is 4.39 Å². The van der Waals surface area contributed by atoms with E-state index in [0.717, 1.165) is 17.7 Å². The number of benzene rings is 1. The molecule has 0 aromatic heterocycles. The standard InChI is InChI=1S/C14H18FN/c1-11(10-16-3)4-5-12(2)13-6-8-14(15)9-7-13/h4-9,16H,10H2,1-3H3/b11-4+,12-5+. The Hall–Kier alpha value is -1.41. The van der Waals surface area contributed by atoms with Crippen LogP contribution in [-0.4, -0.2) is 13.6 Å². The van der Waals surface area contributed by atoms with Gasteiger partial charge in [-0.15, -0.1) is 0 Å². The summed E-state index contributed by atoms with van der Waals surface area (Å²) < 4.78 is 12.7. The average molecular weight is 219 g/mol. The lowest BCUT2D eigenvalue weighted by molar-refractivity contribution is 0.627. The zero-order valence-corrected chi connectivity index (χ0v) is 10.0. The molecule has 0 heterocycles. The Morgan fingerprint density at radius 1 is 1.19 bits per heavy atom. The molecule has 0 spiro atoms. The Balaban J connectivity index is 2.77. The van der Waals surface area contributed by atoms with E-state index < -0.39 is 0 Å². The summed E-state index contributed by atoms with van der Waals surface area (Å²) in [6, 6.07) is 6.55. The number of hydrogen-bond donors (Lipinski definition) is 1. The van der Waals surface area contributed by atoms with Crippen LogP contribution < -0.4 is 5.32 Å². The topological polar surface area (TPSA) is 12.0 Å². The minimum atomic E-state index is -0.196. The number of nitrogens with one attached hydrogen (secondary N) is 1. The van der Waals surface area contributed by atoms with Crippen molar-refractivity contribution < 1.29 is 4.39 Å². The molecule has 0 bridgehead atoms. The van der Waals surface area contributed by atoms with Gasteiger partial charge in [-0.05, 0) is 44.2 Å². The van der Waals surface area contributed by atoms with Crippen molar-refractivity contribution in [3.63, 3.8) is 0 Å². The number of likely N-dealkylation sites (N-methyl/N-ethyl adjacent to an activating group) is 1. The second-order valence-electron chi connectivity index (χ2n) is 3.90. The summed E-state index contributed by atoms with van der Waals surface area (Å²) in [5.41, 5.74) is 3.45. The van der Waals surface area contributed by atoms with Gasteiger partial charge in [0.2, 0.25) is 0 Å². The van der Waals surface area contributed by atoms with Crippen LogP contribution in [0.3, 0.4) is 0 Å². The second kappa shape index (κ2) is 6.23. The lowest BCUT2D eigenvalue weighted by atomic mass is 10.1. The smallest absolute Gasteiger partial charge is 0.123 e. The van der Waals surface area contributed by atoms with Gasteiger partial charge in [0.1, 0.15) is 5.82 Å². The molecular weight excluding hydrogens is 201 g/mol. The molecule has 0 unspecified atom stereocenters. The normalized spacial score (nSPS) is 13.0. The Labute approximate surface area is 96.7 Å². The largest absolute Gasteiger partial charge is 0.316 e. The minimum Gasteiger partial charge on any atom is -0.316 e. The third-order valence-corrected chi connectivity index (χ3v) is 2.37. The van der Waals surface area contributed by atoms with Crippen LogP contribution >= 0.6 is 0 Å². The van der Waals surface area contributed by atoms with E-state index in [4.69, 9.17) is 0 Å². The summed E-state index contributed by atoms with van der Waals surface area (Å²) in [6.45, 7) is 4.98. The molecule has 1 N–H and O–H groups in total. The first-order valence-electron chi connectivity index (χ1n) is 5.38. The fraction of sp³-hybridized carbons (Fsp3) is 0.286. The maximum Gasteiger partial charge on any atom is 0.123 e. The van der Waals surface area contributed by atoms with Crippen molar-refractivity contribution in [3.8, 4) is 0 Å². The van der Waals surface area contributed by atoms with Gasteiger partial charge in [0.25, 0.3) is 0 Å². The van der Waals surface area contributed by atoms with Gasteiger partial charge in [0, 0.05) is 6.54 Å². The third-order valence-electron chi connectivity index (χ3n) is 2.37. The quantitative estimate of drug-likeness (QED) is 0.765. The third kappa shape index (κ3) is 3.99. The van der Waals surface area contributed by atoms with Crippen LogP contribution in [0.25, 0.3) is 5.57 Å². The SMILES string of the molecule is CNC/C(C)=C/C=C(\C)c1ccc(F)cc1. The molecular formula is C14H18FN. The zero-order valence-electron chi connectivity index (χ0n) is 10.0. The van der Waals surface area contributed by atoms with Crippen LogP contribution in [0, 0.1) is 5.82 Å². The molecule has 0 saturated carbocycles. The van der Waals surface area contributed by atoms with Crippen LogP contribution in [0.15, 0.2) is 42.0 Å². The van der Waals surface area contributed by atoms with Crippen molar-refractivity contribution in [2.75, 3.05) is 13.6 Å². The van der Waals surface area contributed by atoms with E-state index in [-0.39, 0.29) is 5.82 Å². The maximum atomic E-state index is 12.7. The monoisotopic (exact) mass is 219 g/mol. The molecule has 0 atom stereocenters. The highest BCUT2D eigenvalue weighted by Gasteiger charge is 1.95. The fourth-order valence-corrected chi connectivity index (χ4v) is 1.41. The Morgan fingerprint density at radius 2 is 1.81 bits per heavy atom. The molecule has 86 valence electrons. The molecule has 0 saturated heterocycles. The van der Waals surface area contributed by atoms with Gasteiger partial charge in [-0.3, -0.25) is 0 Å². The molecule has 0 amide bonds. The summed E-state index contributed by atoms with van der Waals surface area (Å²) >= 11 is 0. The number of allylic oxidation sites excluding steroid dienone is 3. The number of rotatable bonds is 4. The van der Waals surface area contributed by atoms with E-state index in [9.17, 15) is 4.39 Å². The molecule has 1 nitrogen and oxygen atoms in total. The zero-order chi connectivity index (χ0) is 12.0. The van der Waals surface area contributed by atoms with Gasteiger partial charge < -0.3 is 5.32 Å². The van der Waals surface area contributed by atoms with Crippen LogP contribution in [-0.2, 0) is 0 Å². The molecule has 0 aliphatic carbocycles. The summed E-state index contributed by atoms with van der Waals surface area (Å²) in [4.78, 5) is 0. The van der Waals surface area contributed by atoms with Crippen molar-refractivity contribution in [1.82, 2.24) is 5.32 Å². The molecule has 0 aliphatic heterocycles. The van der Waals surface area contributed by atoms with Gasteiger partial charge in [0.15, 0.2) is 0 Å². The summed E-state index contributed by atoms with van der Waals surface area (Å²) in [5.74, 6) is -0.196. The molecule has 0 fully saturated rings. The lowest BCUT2D eigenvalue weighted by Gasteiger charge is -2.01. The van der Waals surface area contributed by atoms with Crippen molar-refractivity contribution in [3.05, 3.63) is 53.4 Å². The first kappa shape index (κ1) is 12.7. The molecule has 0 radical (unpaired) electrons. The van der Waals surface area contributed by atoms with Crippen molar-refractivity contribution in [2.24, 2.45) is 0 Å². The Morgan fingerprint density at radius 3 is 2.38 bits per heavy atom. The van der Waals surface area contributed by atoms with E-state index >= 15 is 0 Å². The first-order chi connectivity index (χ1) is 7.63. The van der Waals surface area contributed by atoms with E-state index in [0.29, 0.717) is 0 Å². The van der Waals surface area contributed by atoms with Crippen molar-refractivity contribution in [1.29, 1.82) is 0 Å². The Kier molecular flexibility index (Phi) is 4.93. The van der Waals surface area contributed by atoms with Crippen LogP contribution in [0.5, 0.6) is 0 Å². The van der Waals surface area contributed by atoms with E-state index in [1.54, 1.807) is 12.1 Å². The van der Waals surface area contributed by atoms with Gasteiger partial charge in [-0.2, -0.15) is 0 Å². The number of halogens is 1. The molecule has 16 heavy (non-hydrogen) atoms. The van der Waals surface area contributed by atoms with E-state index in [2.05, 4.69) is 24.4 Å². The molecule has 2 heteroatoms. The van der Waals surface area contributed by atoms with Crippen molar-refractivity contribution >= 4 is 5.57 Å². The maximum absolute atomic E-state index is 12.7. The summed E-state index contributed by atoms with van der Waals surface area (Å²) in [5, 5.41) is 3.09. The summed E-state index contributed by atoms with van der Waals surface area (Å²) in [6.07, 6.45) is 4.13. The van der Waals surface area contributed by atoms with Gasteiger partial charge in [-0.1, -0.05) is 29.9 Å². The van der Waals surface area contributed by atoms with Gasteiger partial charge in [0.05, 0.1) is 0 Å².